The highest BCUT2D eigenvalue weighted by molar-refractivity contribution is 5.94. The van der Waals surface area contributed by atoms with Gasteiger partial charge in [0.1, 0.15) is 0 Å². The van der Waals surface area contributed by atoms with Crippen LogP contribution >= 0.6 is 0 Å². The molecule has 0 bridgehead atoms. The van der Waals surface area contributed by atoms with E-state index < -0.39 is 5.60 Å². The summed E-state index contributed by atoms with van der Waals surface area (Å²) < 4.78 is 1.77. The number of benzene rings is 1. The fourth-order valence-electron chi connectivity index (χ4n) is 3.98. The molecule has 30 heavy (non-hydrogen) atoms. The van der Waals surface area contributed by atoms with Gasteiger partial charge in [0.15, 0.2) is 5.82 Å². The number of aliphatic hydroxyl groups is 1. The van der Waals surface area contributed by atoms with Crippen LogP contribution in [0.25, 0.3) is 22.0 Å². The molecule has 0 unspecified atom stereocenters. The Morgan fingerprint density at radius 1 is 1.20 bits per heavy atom. The smallest absolute Gasteiger partial charge is 0.228 e. The van der Waals surface area contributed by atoms with Crippen LogP contribution in [0.5, 0.6) is 0 Å². The second-order valence-electron chi connectivity index (χ2n) is 8.76. The molecule has 1 aliphatic rings. The second kappa shape index (κ2) is 8.12. The zero-order valence-corrected chi connectivity index (χ0v) is 17.7. The van der Waals surface area contributed by atoms with Crippen molar-refractivity contribution in [3.63, 3.8) is 0 Å². The molecule has 3 aromatic rings. The molecule has 1 fully saturated rings. The molecule has 8 heteroatoms. The minimum atomic E-state index is -0.718. The van der Waals surface area contributed by atoms with Gasteiger partial charge in [0.05, 0.1) is 17.3 Å². The molecule has 3 heterocycles. The Labute approximate surface area is 175 Å². The van der Waals surface area contributed by atoms with E-state index in [4.69, 9.17) is 0 Å². The highest BCUT2D eigenvalue weighted by atomic mass is 16.3. The molecule has 0 radical (unpaired) electrons. The van der Waals surface area contributed by atoms with E-state index in [2.05, 4.69) is 25.5 Å². The van der Waals surface area contributed by atoms with E-state index in [9.17, 15) is 9.90 Å². The number of aryl methyl sites for hydroxylation is 1. The van der Waals surface area contributed by atoms with Gasteiger partial charge in [-0.25, -0.2) is 0 Å². The van der Waals surface area contributed by atoms with Gasteiger partial charge in [-0.3, -0.25) is 9.48 Å². The largest absolute Gasteiger partial charge is 0.389 e. The number of amides is 1. The number of rotatable bonds is 5. The first-order chi connectivity index (χ1) is 14.3. The molecular formula is C22H28N6O2. The lowest BCUT2D eigenvalue weighted by Gasteiger charge is -2.34. The van der Waals surface area contributed by atoms with Crippen LogP contribution in [0.4, 0.5) is 5.82 Å². The number of nitrogens with one attached hydrogen (secondary N) is 1. The van der Waals surface area contributed by atoms with E-state index in [1.165, 1.54) is 0 Å². The monoisotopic (exact) mass is 408 g/mol. The third kappa shape index (κ3) is 4.83. The average molecular weight is 409 g/mol. The van der Waals surface area contributed by atoms with Crippen molar-refractivity contribution in [1.82, 2.24) is 24.9 Å². The molecule has 4 rings (SSSR count). The normalized spacial score (nSPS) is 16.1. The van der Waals surface area contributed by atoms with Crippen molar-refractivity contribution in [3.8, 4) is 11.1 Å². The molecule has 0 atom stereocenters. The molecule has 1 aromatic carbocycles. The molecule has 2 aromatic heterocycles. The van der Waals surface area contributed by atoms with Crippen molar-refractivity contribution < 1.29 is 9.90 Å². The second-order valence-corrected chi connectivity index (χ2v) is 8.76. The predicted octanol–water partition coefficient (Wildman–Crippen LogP) is 2.45. The van der Waals surface area contributed by atoms with Crippen molar-refractivity contribution in [1.29, 1.82) is 0 Å². The summed E-state index contributed by atoms with van der Waals surface area (Å²) >= 11 is 0. The maximum absolute atomic E-state index is 12.7. The molecule has 1 aliphatic heterocycles. The van der Waals surface area contributed by atoms with Gasteiger partial charge in [0.25, 0.3) is 0 Å². The average Bonchev–Trinajstić information content (AvgIpc) is 3.13. The van der Waals surface area contributed by atoms with Crippen LogP contribution in [0.15, 0.2) is 36.7 Å². The summed E-state index contributed by atoms with van der Waals surface area (Å²) in [6, 6.07) is 7.82. The van der Waals surface area contributed by atoms with E-state index in [1.807, 2.05) is 57.6 Å². The number of carbonyl (C=O) groups is 1. The van der Waals surface area contributed by atoms with Crippen molar-refractivity contribution in [3.05, 3.63) is 36.7 Å². The van der Waals surface area contributed by atoms with Gasteiger partial charge in [-0.1, -0.05) is 6.07 Å². The standard InChI is InChI=1S/C22H28N6O2/c1-22(2,30)14-28-8-6-15(7-9-28)21(29)24-20-11-17-10-16(4-5-19(17)25-26-20)18-12-23-27(3)13-18/h4-5,10-13,15,30H,6-9,14H2,1-3H3,(H,24,26,29). The van der Waals surface area contributed by atoms with Crippen molar-refractivity contribution in [2.24, 2.45) is 13.0 Å². The van der Waals surface area contributed by atoms with Crippen molar-refractivity contribution in [2.45, 2.75) is 32.3 Å². The number of carbonyl (C=O) groups excluding carboxylic acids is 1. The Balaban J connectivity index is 1.43. The van der Waals surface area contributed by atoms with Gasteiger partial charge in [0, 0.05) is 36.7 Å². The van der Waals surface area contributed by atoms with Gasteiger partial charge < -0.3 is 15.3 Å². The van der Waals surface area contributed by atoms with Crippen molar-refractivity contribution in [2.75, 3.05) is 25.0 Å². The summed E-state index contributed by atoms with van der Waals surface area (Å²) in [6.45, 7) is 5.85. The van der Waals surface area contributed by atoms with Crippen LogP contribution in [-0.2, 0) is 11.8 Å². The molecule has 0 spiro atoms. The first-order valence-electron chi connectivity index (χ1n) is 10.3. The quantitative estimate of drug-likeness (QED) is 0.673. The number of piperidine rings is 1. The van der Waals surface area contributed by atoms with Crippen LogP contribution < -0.4 is 5.32 Å². The van der Waals surface area contributed by atoms with E-state index in [0.29, 0.717) is 12.4 Å². The van der Waals surface area contributed by atoms with Crippen molar-refractivity contribution >= 4 is 22.6 Å². The molecule has 2 N–H and O–H groups in total. The van der Waals surface area contributed by atoms with Crippen LogP contribution in [0.2, 0.25) is 0 Å². The van der Waals surface area contributed by atoms with Gasteiger partial charge in [-0.05, 0) is 63.5 Å². The number of nitrogens with zero attached hydrogens (tertiary/aromatic N) is 5. The highest BCUT2D eigenvalue weighted by Crippen LogP contribution is 2.25. The Hall–Kier alpha value is -2.84. The lowest BCUT2D eigenvalue weighted by atomic mass is 9.95. The summed E-state index contributed by atoms with van der Waals surface area (Å²) in [4.78, 5) is 14.9. The maximum Gasteiger partial charge on any atom is 0.228 e. The summed E-state index contributed by atoms with van der Waals surface area (Å²) in [6.07, 6.45) is 5.33. The van der Waals surface area contributed by atoms with Crippen LogP contribution in [0.1, 0.15) is 26.7 Å². The van der Waals surface area contributed by atoms with Gasteiger partial charge >= 0.3 is 0 Å². The molecule has 1 amide bonds. The van der Waals surface area contributed by atoms with Gasteiger partial charge in [0.2, 0.25) is 5.91 Å². The zero-order valence-electron chi connectivity index (χ0n) is 17.7. The van der Waals surface area contributed by atoms with Gasteiger partial charge in [-0.2, -0.15) is 5.10 Å². The SMILES string of the molecule is Cn1cc(-c2ccc3nnc(NC(=O)C4CCN(CC(C)(C)O)CC4)cc3c2)cn1. The molecule has 0 saturated carbocycles. The summed E-state index contributed by atoms with van der Waals surface area (Å²) in [5.41, 5.74) is 2.13. The lowest BCUT2D eigenvalue weighted by molar-refractivity contribution is -0.121. The maximum atomic E-state index is 12.7. The Morgan fingerprint density at radius 2 is 1.97 bits per heavy atom. The van der Waals surface area contributed by atoms with E-state index >= 15 is 0 Å². The zero-order chi connectivity index (χ0) is 21.3. The van der Waals surface area contributed by atoms with Crippen LogP contribution in [0.3, 0.4) is 0 Å². The topological polar surface area (TPSA) is 96.2 Å². The molecule has 0 aliphatic carbocycles. The fraction of sp³-hybridized carbons (Fsp3) is 0.455. The van der Waals surface area contributed by atoms with Crippen LogP contribution in [-0.4, -0.2) is 61.1 Å². The number of fused-ring (bicyclic) bond motifs is 1. The van der Waals surface area contributed by atoms with Gasteiger partial charge in [-0.15, -0.1) is 10.2 Å². The predicted molar refractivity (Wildman–Crippen MR) is 116 cm³/mol. The van der Waals surface area contributed by atoms with Crippen LogP contribution in [0, 0.1) is 5.92 Å². The summed E-state index contributed by atoms with van der Waals surface area (Å²) in [5, 5.41) is 26.5. The Bertz CT molecular complexity index is 1050. The minimum Gasteiger partial charge on any atom is -0.389 e. The molecular weight excluding hydrogens is 380 g/mol. The molecule has 8 nitrogen and oxygen atoms in total. The van der Waals surface area contributed by atoms with E-state index in [-0.39, 0.29) is 11.8 Å². The lowest BCUT2D eigenvalue weighted by Crippen LogP contribution is -2.44. The third-order valence-corrected chi connectivity index (χ3v) is 5.44. The van der Waals surface area contributed by atoms with E-state index in [0.717, 1.165) is 48.0 Å². The molecule has 1 saturated heterocycles. The minimum absolute atomic E-state index is 0.0185. The first-order valence-corrected chi connectivity index (χ1v) is 10.3. The summed E-state index contributed by atoms with van der Waals surface area (Å²) in [5.74, 6) is 0.395. The number of aromatic nitrogens is 4. The highest BCUT2D eigenvalue weighted by Gasteiger charge is 2.28. The number of hydrogen-bond donors (Lipinski definition) is 2. The number of likely N-dealkylation sites (tertiary alicyclic amines) is 1. The van der Waals surface area contributed by atoms with E-state index in [1.54, 1.807) is 4.68 Å². The number of anilines is 1. The molecule has 158 valence electrons. The first kappa shape index (κ1) is 20.4. The third-order valence-electron chi connectivity index (χ3n) is 5.44. The Kier molecular flexibility index (Phi) is 5.53. The number of hydrogen-bond acceptors (Lipinski definition) is 6. The fourth-order valence-corrected chi connectivity index (χ4v) is 3.98. The summed E-state index contributed by atoms with van der Waals surface area (Å²) in [7, 11) is 1.89. The Morgan fingerprint density at radius 3 is 2.63 bits per heavy atom. The number of β-amino-alcohol motifs (C(OH)–C–C–N with tert-alkyl or cyclic N) is 1.